The van der Waals surface area contributed by atoms with Crippen LogP contribution in [0.2, 0.25) is 0 Å². The van der Waals surface area contributed by atoms with Gasteiger partial charge in [0.15, 0.2) is 4.96 Å². The van der Waals surface area contributed by atoms with Crippen molar-refractivity contribution in [2.75, 3.05) is 45.9 Å². The second kappa shape index (κ2) is 8.16. The minimum atomic E-state index is -0.168. The van der Waals surface area contributed by atoms with E-state index >= 15 is 0 Å². The van der Waals surface area contributed by atoms with Crippen molar-refractivity contribution in [3.8, 4) is 0 Å². The number of aryl methyl sites for hydroxylation is 1. The molecule has 2 aliphatic heterocycles. The molecule has 2 aliphatic rings. The summed E-state index contributed by atoms with van der Waals surface area (Å²) in [5.74, 6) is 0. The summed E-state index contributed by atoms with van der Waals surface area (Å²) in [4.78, 5) is 24.6. The third-order valence-corrected chi connectivity index (χ3v) is 6.53. The number of nitrogens with zero attached hydrogens (tertiary/aromatic N) is 5. The summed E-state index contributed by atoms with van der Waals surface area (Å²) < 4.78 is 7.37. The van der Waals surface area contributed by atoms with Crippen molar-refractivity contribution >= 4 is 22.4 Å². The van der Waals surface area contributed by atoms with Crippen LogP contribution in [0.4, 0.5) is 4.79 Å². The van der Waals surface area contributed by atoms with Crippen LogP contribution >= 0.6 is 11.3 Å². The lowest BCUT2D eigenvalue weighted by Gasteiger charge is -2.43. The predicted octanol–water partition coefficient (Wildman–Crippen LogP) is 2.44. The zero-order valence-electron chi connectivity index (χ0n) is 16.3. The number of piperidine rings is 1. The van der Waals surface area contributed by atoms with E-state index in [1.807, 2.05) is 11.8 Å². The van der Waals surface area contributed by atoms with Crippen LogP contribution in [-0.4, -0.2) is 82.1 Å². The van der Waals surface area contributed by atoms with Crippen LogP contribution in [0.3, 0.4) is 0 Å². The lowest BCUT2D eigenvalue weighted by molar-refractivity contribution is 0.0409. The van der Waals surface area contributed by atoms with Crippen LogP contribution in [-0.2, 0) is 11.3 Å². The van der Waals surface area contributed by atoms with E-state index in [0.717, 1.165) is 56.5 Å². The Morgan fingerprint density at radius 1 is 1.30 bits per heavy atom. The topological polar surface area (TPSA) is 53.3 Å². The Hall–Kier alpha value is -1.64. The molecule has 2 saturated heterocycles. The molecule has 1 atom stereocenters. The Bertz CT molecular complexity index is 780. The number of imidazole rings is 1. The Morgan fingerprint density at radius 3 is 2.89 bits per heavy atom. The van der Waals surface area contributed by atoms with Gasteiger partial charge in [-0.15, -0.1) is 11.3 Å². The number of likely N-dealkylation sites (tertiary alicyclic amines) is 1. The number of ether oxygens (including phenoxy) is 1. The highest BCUT2D eigenvalue weighted by atomic mass is 32.1. The van der Waals surface area contributed by atoms with Crippen molar-refractivity contribution in [1.82, 2.24) is 24.1 Å². The Kier molecular flexibility index (Phi) is 5.66. The van der Waals surface area contributed by atoms with Gasteiger partial charge in [-0.05, 0) is 33.2 Å². The quantitative estimate of drug-likeness (QED) is 0.801. The molecule has 4 rings (SSSR count). The maximum Gasteiger partial charge on any atom is 0.409 e. The van der Waals surface area contributed by atoms with Crippen molar-refractivity contribution < 1.29 is 9.53 Å². The molecule has 2 fully saturated rings. The third kappa shape index (κ3) is 3.97. The number of carbonyl (C=O) groups excluding carboxylic acids is 1. The zero-order chi connectivity index (χ0) is 18.8. The van der Waals surface area contributed by atoms with Gasteiger partial charge in [-0.3, -0.25) is 14.2 Å². The van der Waals surface area contributed by atoms with Crippen molar-refractivity contribution in [2.24, 2.45) is 0 Å². The fraction of sp³-hybridized carbons (Fsp3) is 0.684. The summed E-state index contributed by atoms with van der Waals surface area (Å²) in [6.45, 7) is 11.0. The summed E-state index contributed by atoms with van der Waals surface area (Å²) >= 11 is 1.70. The third-order valence-electron chi connectivity index (χ3n) is 5.77. The predicted molar refractivity (Wildman–Crippen MR) is 106 cm³/mol. The first-order chi connectivity index (χ1) is 13.2. The normalized spacial score (nSPS) is 22.4. The highest BCUT2D eigenvalue weighted by Crippen LogP contribution is 2.22. The van der Waals surface area contributed by atoms with Gasteiger partial charge in [0.2, 0.25) is 0 Å². The molecule has 1 unspecified atom stereocenters. The van der Waals surface area contributed by atoms with Crippen LogP contribution < -0.4 is 0 Å². The molecule has 27 heavy (non-hydrogen) atoms. The molecule has 2 aromatic rings. The molecule has 0 spiro atoms. The first-order valence-electron chi connectivity index (χ1n) is 9.95. The van der Waals surface area contributed by atoms with Gasteiger partial charge >= 0.3 is 6.09 Å². The number of fused-ring (bicyclic) bond motifs is 1. The standard InChI is InChI=1S/C19H29N5O2S/c1-3-26-19(25)23-9-7-22(8-10-23)16-5-4-6-21(13-16)14-17-15(2)20-18-24(17)11-12-27-18/h11-12,16H,3-10,13-14H2,1-2H3. The summed E-state index contributed by atoms with van der Waals surface area (Å²) in [5.41, 5.74) is 2.46. The van der Waals surface area contributed by atoms with Crippen molar-refractivity contribution in [1.29, 1.82) is 0 Å². The summed E-state index contributed by atoms with van der Waals surface area (Å²) in [5, 5.41) is 2.10. The Labute approximate surface area is 164 Å². The molecule has 2 aromatic heterocycles. The van der Waals surface area contributed by atoms with Crippen molar-refractivity contribution in [3.63, 3.8) is 0 Å². The van der Waals surface area contributed by atoms with Gasteiger partial charge in [-0.2, -0.15) is 0 Å². The molecule has 4 heterocycles. The molecule has 0 radical (unpaired) electrons. The average Bonchev–Trinajstić information content (AvgIpc) is 3.25. The SMILES string of the molecule is CCOC(=O)N1CCN(C2CCCN(Cc3c(C)nc4sccn34)C2)CC1. The smallest absolute Gasteiger partial charge is 0.409 e. The fourth-order valence-electron chi connectivity index (χ4n) is 4.30. The fourth-order valence-corrected chi connectivity index (χ4v) is 5.08. The number of amides is 1. The minimum absolute atomic E-state index is 0.168. The van der Waals surface area contributed by atoms with Crippen LogP contribution in [0.15, 0.2) is 11.6 Å². The van der Waals surface area contributed by atoms with Gasteiger partial charge in [0, 0.05) is 56.9 Å². The molecular formula is C19H29N5O2S. The van der Waals surface area contributed by atoms with Gasteiger partial charge in [0.1, 0.15) is 0 Å². The number of hydrogen-bond donors (Lipinski definition) is 0. The lowest BCUT2D eigenvalue weighted by atomic mass is 10.0. The zero-order valence-corrected chi connectivity index (χ0v) is 17.1. The first kappa shape index (κ1) is 18.7. The monoisotopic (exact) mass is 391 g/mol. The summed E-state index contributed by atoms with van der Waals surface area (Å²) in [6.07, 6.45) is 4.44. The molecule has 8 heteroatoms. The second-order valence-corrected chi connectivity index (χ2v) is 8.33. The van der Waals surface area contributed by atoms with E-state index in [1.165, 1.54) is 18.5 Å². The van der Waals surface area contributed by atoms with Crippen LogP contribution in [0, 0.1) is 6.92 Å². The molecule has 148 valence electrons. The van der Waals surface area contributed by atoms with Gasteiger partial charge in [0.05, 0.1) is 18.0 Å². The number of piperazine rings is 1. The number of aromatic nitrogens is 2. The van der Waals surface area contributed by atoms with E-state index in [2.05, 4.69) is 37.7 Å². The summed E-state index contributed by atoms with van der Waals surface area (Å²) in [7, 11) is 0. The molecule has 0 N–H and O–H groups in total. The Morgan fingerprint density at radius 2 is 2.11 bits per heavy atom. The lowest BCUT2D eigenvalue weighted by Crippen LogP contribution is -2.55. The average molecular weight is 392 g/mol. The molecule has 0 saturated carbocycles. The maximum atomic E-state index is 11.9. The second-order valence-electron chi connectivity index (χ2n) is 7.45. The molecule has 7 nitrogen and oxygen atoms in total. The van der Waals surface area contributed by atoms with E-state index in [9.17, 15) is 4.79 Å². The van der Waals surface area contributed by atoms with Crippen molar-refractivity contribution in [2.45, 2.75) is 39.3 Å². The van der Waals surface area contributed by atoms with E-state index < -0.39 is 0 Å². The van der Waals surface area contributed by atoms with E-state index in [0.29, 0.717) is 12.6 Å². The molecule has 1 amide bonds. The van der Waals surface area contributed by atoms with Gasteiger partial charge in [0.25, 0.3) is 0 Å². The molecule has 0 bridgehead atoms. The van der Waals surface area contributed by atoms with Crippen LogP contribution in [0.5, 0.6) is 0 Å². The summed E-state index contributed by atoms with van der Waals surface area (Å²) in [6, 6.07) is 0.578. The maximum absolute atomic E-state index is 11.9. The number of hydrogen-bond acceptors (Lipinski definition) is 6. The Balaban J connectivity index is 1.34. The van der Waals surface area contributed by atoms with Gasteiger partial charge in [-0.1, -0.05) is 0 Å². The van der Waals surface area contributed by atoms with Gasteiger partial charge in [-0.25, -0.2) is 9.78 Å². The molecule has 0 aromatic carbocycles. The molecule has 0 aliphatic carbocycles. The number of thiazole rings is 1. The van der Waals surface area contributed by atoms with E-state index in [-0.39, 0.29) is 6.09 Å². The highest BCUT2D eigenvalue weighted by molar-refractivity contribution is 7.15. The van der Waals surface area contributed by atoms with Crippen molar-refractivity contribution in [3.05, 3.63) is 23.0 Å². The van der Waals surface area contributed by atoms with E-state index in [4.69, 9.17) is 4.74 Å². The van der Waals surface area contributed by atoms with Gasteiger partial charge < -0.3 is 9.64 Å². The van der Waals surface area contributed by atoms with Crippen LogP contribution in [0.1, 0.15) is 31.2 Å². The highest BCUT2D eigenvalue weighted by Gasteiger charge is 2.30. The van der Waals surface area contributed by atoms with Crippen LogP contribution in [0.25, 0.3) is 4.96 Å². The minimum Gasteiger partial charge on any atom is -0.450 e. The number of rotatable bonds is 4. The first-order valence-corrected chi connectivity index (χ1v) is 10.8. The number of carbonyl (C=O) groups is 1. The largest absolute Gasteiger partial charge is 0.450 e. The van der Waals surface area contributed by atoms with E-state index in [1.54, 1.807) is 11.3 Å². The molecular weight excluding hydrogens is 362 g/mol.